The normalized spacial score (nSPS) is 10.3. The van der Waals surface area contributed by atoms with E-state index in [9.17, 15) is 13.6 Å². The fourth-order valence-electron chi connectivity index (χ4n) is 1.65. The number of benzene rings is 2. The third-order valence-electron chi connectivity index (χ3n) is 2.77. The van der Waals surface area contributed by atoms with E-state index in [1.54, 1.807) is 12.1 Å². The number of carbonyl (C=O) groups excluding carboxylic acids is 1. The number of hydrogen-bond acceptors (Lipinski definition) is 1. The highest BCUT2D eigenvalue weighted by atomic mass is 19.1. The minimum Gasteiger partial charge on any atom is -0.348 e. The lowest BCUT2D eigenvalue weighted by Gasteiger charge is -2.06. The first-order valence-electron chi connectivity index (χ1n) is 5.85. The van der Waals surface area contributed by atoms with Gasteiger partial charge in [-0.05, 0) is 25.1 Å². The molecule has 2 nitrogen and oxygen atoms in total. The van der Waals surface area contributed by atoms with Gasteiger partial charge in [-0.2, -0.15) is 0 Å². The molecule has 2 rings (SSSR count). The van der Waals surface area contributed by atoms with Crippen LogP contribution in [0, 0.1) is 18.6 Å². The summed E-state index contributed by atoms with van der Waals surface area (Å²) in [6, 6.07) is 10.3. The van der Waals surface area contributed by atoms with Crippen molar-refractivity contribution in [3.8, 4) is 0 Å². The molecule has 0 saturated carbocycles. The van der Waals surface area contributed by atoms with E-state index in [0.717, 1.165) is 17.7 Å². The largest absolute Gasteiger partial charge is 0.348 e. The molecule has 0 spiro atoms. The Morgan fingerprint density at radius 1 is 1.11 bits per heavy atom. The lowest BCUT2D eigenvalue weighted by Crippen LogP contribution is -2.23. The summed E-state index contributed by atoms with van der Waals surface area (Å²) in [7, 11) is 0. The molecule has 2 aromatic carbocycles. The summed E-state index contributed by atoms with van der Waals surface area (Å²) < 4.78 is 26.1. The Morgan fingerprint density at radius 2 is 1.79 bits per heavy atom. The highest BCUT2D eigenvalue weighted by Gasteiger charge is 2.07. The molecule has 0 aliphatic rings. The average Bonchev–Trinajstić information content (AvgIpc) is 2.38. The molecule has 19 heavy (non-hydrogen) atoms. The summed E-state index contributed by atoms with van der Waals surface area (Å²) >= 11 is 0. The molecule has 0 saturated heterocycles. The number of halogens is 2. The Labute approximate surface area is 110 Å². The molecule has 0 aromatic heterocycles. The van der Waals surface area contributed by atoms with Crippen LogP contribution in [0.4, 0.5) is 8.78 Å². The zero-order chi connectivity index (χ0) is 13.8. The maximum atomic E-state index is 13.4. The van der Waals surface area contributed by atoms with Crippen molar-refractivity contribution in [2.45, 2.75) is 13.5 Å². The van der Waals surface area contributed by atoms with Crippen molar-refractivity contribution in [3.63, 3.8) is 0 Å². The molecule has 98 valence electrons. The lowest BCUT2D eigenvalue weighted by molar-refractivity contribution is 0.0950. The zero-order valence-electron chi connectivity index (χ0n) is 10.4. The Morgan fingerprint density at radius 3 is 2.42 bits per heavy atom. The van der Waals surface area contributed by atoms with E-state index in [1.807, 2.05) is 19.1 Å². The minimum absolute atomic E-state index is 0.0266. The maximum Gasteiger partial charge on any atom is 0.251 e. The number of aryl methyl sites for hydroxylation is 1. The monoisotopic (exact) mass is 261 g/mol. The fraction of sp³-hybridized carbons (Fsp3) is 0.133. The first kappa shape index (κ1) is 13.2. The Kier molecular flexibility index (Phi) is 3.90. The van der Waals surface area contributed by atoms with Gasteiger partial charge in [0.2, 0.25) is 0 Å². The molecule has 1 N–H and O–H groups in total. The van der Waals surface area contributed by atoms with E-state index >= 15 is 0 Å². The maximum absolute atomic E-state index is 13.4. The van der Waals surface area contributed by atoms with Crippen LogP contribution in [0.25, 0.3) is 0 Å². The molecule has 2 aromatic rings. The summed E-state index contributed by atoms with van der Waals surface area (Å²) in [6.07, 6.45) is 0. The topological polar surface area (TPSA) is 29.1 Å². The summed E-state index contributed by atoms with van der Waals surface area (Å²) in [5, 5.41) is 2.59. The number of amides is 1. The van der Waals surface area contributed by atoms with Crippen molar-refractivity contribution in [1.29, 1.82) is 0 Å². The molecular weight excluding hydrogens is 248 g/mol. The number of nitrogens with one attached hydrogen (secondary N) is 1. The van der Waals surface area contributed by atoms with Gasteiger partial charge in [0.25, 0.3) is 5.91 Å². The van der Waals surface area contributed by atoms with Crippen LogP contribution in [-0.4, -0.2) is 5.91 Å². The predicted octanol–water partition coefficient (Wildman–Crippen LogP) is 3.20. The van der Waals surface area contributed by atoms with Crippen molar-refractivity contribution in [2.24, 2.45) is 0 Å². The smallest absolute Gasteiger partial charge is 0.251 e. The van der Waals surface area contributed by atoms with Crippen molar-refractivity contribution in [3.05, 3.63) is 70.8 Å². The number of hydrogen-bond donors (Lipinski definition) is 1. The van der Waals surface area contributed by atoms with Gasteiger partial charge in [0.1, 0.15) is 11.6 Å². The zero-order valence-corrected chi connectivity index (χ0v) is 10.4. The van der Waals surface area contributed by atoms with Gasteiger partial charge in [-0.3, -0.25) is 4.79 Å². The lowest BCUT2D eigenvalue weighted by atomic mass is 10.1. The van der Waals surface area contributed by atoms with Crippen LogP contribution in [0.2, 0.25) is 0 Å². The van der Waals surface area contributed by atoms with Gasteiger partial charge in [0.15, 0.2) is 0 Å². The highest BCUT2D eigenvalue weighted by Crippen LogP contribution is 2.09. The molecule has 1 amide bonds. The molecule has 0 unspecified atom stereocenters. The first-order valence-corrected chi connectivity index (χ1v) is 5.85. The first-order chi connectivity index (χ1) is 9.06. The second kappa shape index (κ2) is 5.61. The number of carbonyl (C=O) groups is 1. The Balaban J connectivity index is 2.02. The van der Waals surface area contributed by atoms with Gasteiger partial charge in [0.05, 0.1) is 0 Å². The van der Waals surface area contributed by atoms with Crippen LogP contribution < -0.4 is 5.32 Å². The third kappa shape index (κ3) is 3.37. The molecule has 0 aliphatic heterocycles. The van der Waals surface area contributed by atoms with Crippen LogP contribution in [0.3, 0.4) is 0 Å². The molecule has 0 radical (unpaired) electrons. The predicted molar refractivity (Wildman–Crippen MR) is 68.7 cm³/mol. The molecule has 0 aliphatic carbocycles. The van der Waals surface area contributed by atoms with E-state index in [1.165, 1.54) is 6.07 Å². The van der Waals surface area contributed by atoms with E-state index in [-0.39, 0.29) is 18.0 Å². The fourth-order valence-corrected chi connectivity index (χ4v) is 1.65. The third-order valence-corrected chi connectivity index (χ3v) is 2.77. The van der Waals surface area contributed by atoms with Crippen molar-refractivity contribution < 1.29 is 13.6 Å². The average molecular weight is 261 g/mol. The molecule has 0 bridgehead atoms. The van der Waals surface area contributed by atoms with Crippen molar-refractivity contribution >= 4 is 5.91 Å². The second-order valence-electron chi connectivity index (χ2n) is 4.28. The SMILES string of the molecule is Cc1ccc(C(=O)NCc2ccc(F)cc2F)cc1. The van der Waals surface area contributed by atoms with Crippen molar-refractivity contribution in [1.82, 2.24) is 5.32 Å². The van der Waals surface area contributed by atoms with Gasteiger partial charge in [0, 0.05) is 23.7 Å². The minimum atomic E-state index is -0.663. The molecule has 0 atom stereocenters. The van der Waals surface area contributed by atoms with E-state index in [4.69, 9.17) is 0 Å². The van der Waals surface area contributed by atoms with Gasteiger partial charge < -0.3 is 5.32 Å². The Bertz CT molecular complexity index is 594. The summed E-state index contributed by atoms with van der Waals surface area (Å²) in [5.41, 5.74) is 1.82. The summed E-state index contributed by atoms with van der Waals surface area (Å²) in [5.74, 6) is -1.58. The van der Waals surface area contributed by atoms with Crippen LogP contribution in [-0.2, 0) is 6.54 Å². The van der Waals surface area contributed by atoms with Gasteiger partial charge in [-0.15, -0.1) is 0 Å². The number of rotatable bonds is 3. The van der Waals surface area contributed by atoms with Crippen LogP contribution >= 0.6 is 0 Å². The summed E-state index contributed by atoms with van der Waals surface area (Å²) in [4.78, 5) is 11.8. The van der Waals surface area contributed by atoms with E-state index < -0.39 is 11.6 Å². The summed E-state index contributed by atoms with van der Waals surface area (Å²) in [6.45, 7) is 1.95. The van der Waals surface area contributed by atoms with Crippen molar-refractivity contribution in [2.75, 3.05) is 0 Å². The molecule has 0 heterocycles. The van der Waals surface area contributed by atoms with E-state index in [2.05, 4.69) is 5.32 Å². The quantitative estimate of drug-likeness (QED) is 0.903. The van der Waals surface area contributed by atoms with E-state index in [0.29, 0.717) is 5.56 Å². The van der Waals surface area contributed by atoms with Gasteiger partial charge in [-0.25, -0.2) is 8.78 Å². The molecule has 0 fully saturated rings. The van der Waals surface area contributed by atoms with Crippen LogP contribution in [0.5, 0.6) is 0 Å². The molecule has 4 heteroatoms. The highest BCUT2D eigenvalue weighted by molar-refractivity contribution is 5.94. The van der Waals surface area contributed by atoms with Crippen LogP contribution in [0.1, 0.15) is 21.5 Å². The van der Waals surface area contributed by atoms with Gasteiger partial charge in [-0.1, -0.05) is 23.8 Å². The standard InChI is InChI=1S/C15H13F2NO/c1-10-2-4-11(5-3-10)15(19)18-9-12-6-7-13(16)8-14(12)17/h2-8H,9H2,1H3,(H,18,19). The van der Waals surface area contributed by atoms with Gasteiger partial charge >= 0.3 is 0 Å². The molecular formula is C15H13F2NO. The Hall–Kier alpha value is -2.23. The second-order valence-corrected chi connectivity index (χ2v) is 4.28. The van der Waals surface area contributed by atoms with Crippen LogP contribution in [0.15, 0.2) is 42.5 Å².